The van der Waals surface area contributed by atoms with Crippen LogP contribution in [-0.4, -0.2) is 49.2 Å². The minimum Gasteiger partial charge on any atom is -0.468 e. The predicted octanol–water partition coefficient (Wildman–Crippen LogP) is 0.821. The van der Waals surface area contributed by atoms with Crippen molar-refractivity contribution in [3.05, 3.63) is 0 Å². The van der Waals surface area contributed by atoms with Crippen molar-refractivity contribution in [3.63, 3.8) is 0 Å². The summed E-state index contributed by atoms with van der Waals surface area (Å²) in [6.45, 7) is 7.74. The molecule has 0 aliphatic rings. The van der Waals surface area contributed by atoms with E-state index in [2.05, 4.69) is 4.74 Å². The molecular formula is C11H21NO4. The van der Waals surface area contributed by atoms with Crippen LogP contribution < -0.4 is 0 Å². The summed E-state index contributed by atoms with van der Waals surface area (Å²) < 4.78 is 9.51. The second kappa shape index (κ2) is 7.22. The van der Waals surface area contributed by atoms with Crippen LogP contribution in [0.2, 0.25) is 0 Å². The molecule has 1 atom stereocenters. The summed E-state index contributed by atoms with van der Waals surface area (Å²) in [5, 5.41) is 0. The van der Waals surface area contributed by atoms with Gasteiger partial charge in [0, 0.05) is 6.04 Å². The topological polar surface area (TPSA) is 55.8 Å². The van der Waals surface area contributed by atoms with Gasteiger partial charge in [0.05, 0.1) is 20.3 Å². The number of rotatable bonds is 6. The Hall–Kier alpha value is -1.10. The maximum Gasteiger partial charge on any atom is 0.322 e. The highest BCUT2D eigenvalue weighted by atomic mass is 16.5. The highest BCUT2D eigenvalue weighted by Gasteiger charge is 2.26. The van der Waals surface area contributed by atoms with Crippen LogP contribution in [-0.2, 0) is 19.1 Å². The van der Waals surface area contributed by atoms with Gasteiger partial charge in [0.15, 0.2) is 0 Å². The van der Waals surface area contributed by atoms with E-state index in [-0.39, 0.29) is 24.5 Å². The van der Waals surface area contributed by atoms with Crippen molar-refractivity contribution in [2.45, 2.75) is 39.8 Å². The third kappa shape index (κ3) is 4.61. The number of methoxy groups -OCH3 is 1. The van der Waals surface area contributed by atoms with Crippen molar-refractivity contribution in [3.8, 4) is 0 Å². The molecule has 0 amide bonds. The van der Waals surface area contributed by atoms with E-state index in [9.17, 15) is 9.59 Å². The van der Waals surface area contributed by atoms with Crippen LogP contribution in [0.15, 0.2) is 0 Å². The second-order valence-corrected chi connectivity index (χ2v) is 3.77. The monoisotopic (exact) mass is 231 g/mol. The van der Waals surface area contributed by atoms with E-state index in [1.165, 1.54) is 7.11 Å². The van der Waals surface area contributed by atoms with Gasteiger partial charge < -0.3 is 9.47 Å². The van der Waals surface area contributed by atoms with Crippen molar-refractivity contribution in [1.29, 1.82) is 0 Å². The Kier molecular flexibility index (Phi) is 6.72. The number of nitrogens with zero attached hydrogens (tertiary/aromatic N) is 1. The van der Waals surface area contributed by atoms with E-state index in [0.29, 0.717) is 6.61 Å². The minimum atomic E-state index is -0.450. The Morgan fingerprint density at radius 2 is 1.81 bits per heavy atom. The lowest BCUT2D eigenvalue weighted by Gasteiger charge is -2.29. The van der Waals surface area contributed by atoms with Gasteiger partial charge in [0.25, 0.3) is 0 Å². The molecule has 0 aliphatic heterocycles. The zero-order valence-corrected chi connectivity index (χ0v) is 10.6. The molecule has 0 rings (SSSR count). The van der Waals surface area contributed by atoms with E-state index in [0.717, 1.165) is 0 Å². The van der Waals surface area contributed by atoms with Crippen LogP contribution in [0.5, 0.6) is 0 Å². The first kappa shape index (κ1) is 14.9. The third-order valence-corrected chi connectivity index (χ3v) is 2.32. The molecule has 0 bridgehead atoms. The van der Waals surface area contributed by atoms with Crippen molar-refractivity contribution in [1.82, 2.24) is 4.90 Å². The van der Waals surface area contributed by atoms with E-state index < -0.39 is 6.04 Å². The van der Waals surface area contributed by atoms with Gasteiger partial charge in [-0.15, -0.1) is 0 Å². The molecule has 0 radical (unpaired) electrons. The summed E-state index contributed by atoms with van der Waals surface area (Å²) in [5.41, 5.74) is 0. The molecule has 1 unspecified atom stereocenters. The molecule has 0 saturated heterocycles. The highest BCUT2D eigenvalue weighted by molar-refractivity contribution is 5.77. The van der Waals surface area contributed by atoms with E-state index in [1.807, 2.05) is 13.8 Å². The maximum atomic E-state index is 11.4. The zero-order valence-electron chi connectivity index (χ0n) is 10.6. The summed E-state index contributed by atoms with van der Waals surface area (Å²) >= 11 is 0. The summed E-state index contributed by atoms with van der Waals surface area (Å²) in [4.78, 5) is 24.5. The van der Waals surface area contributed by atoms with E-state index in [4.69, 9.17) is 4.74 Å². The summed E-state index contributed by atoms with van der Waals surface area (Å²) in [6, 6.07) is -0.382. The molecule has 94 valence electrons. The Bertz CT molecular complexity index is 240. The number of hydrogen-bond acceptors (Lipinski definition) is 5. The lowest BCUT2D eigenvalue weighted by Crippen LogP contribution is -2.46. The van der Waals surface area contributed by atoms with Gasteiger partial charge >= 0.3 is 11.9 Å². The second-order valence-electron chi connectivity index (χ2n) is 3.77. The van der Waals surface area contributed by atoms with Crippen molar-refractivity contribution in [2.75, 3.05) is 20.3 Å². The fourth-order valence-corrected chi connectivity index (χ4v) is 1.43. The first-order chi connectivity index (χ1) is 7.43. The molecule has 0 aliphatic carbocycles. The van der Waals surface area contributed by atoms with Crippen LogP contribution in [0.3, 0.4) is 0 Å². The molecule has 5 heteroatoms. The fourth-order valence-electron chi connectivity index (χ4n) is 1.43. The van der Waals surface area contributed by atoms with E-state index >= 15 is 0 Å². The number of esters is 2. The van der Waals surface area contributed by atoms with Crippen LogP contribution in [0, 0.1) is 0 Å². The molecule has 0 saturated carbocycles. The average Bonchev–Trinajstić information content (AvgIpc) is 2.23. The third-order valence-electron chi connectivity index (χ3n) is 2.32. The molecule has 0 aromatic rings. The number of ether oxygens (including phenoxy) is 2. The van der Waals surface area contributed by atoms with Crippen molar-refractivity contribution >= 4 is 11.9 Å². The molecule has 0 spiro atoms. The number of hydrogen-bond donors (Lipinski definition) is 0. The van der Waals surface area contributed by atoms with Crippen LogP contribution >= 0.6 is 0 Å². The van der Waals surface area contributed by atoms with Gasteiger partial charge in [-0.2, -0.15) is 0 Å². The van der Waals surface area contributed by atoms with Gasteiger partial charge in [-0.3, -0.25) is 14.5 Å². The van der Waals surface area contributed by atoms with Gasteiger partial charge in [-0.05, 0) is 27.7 Å². The summed E-state index contributed by atoms with van der Waals surface area (Å²) in [6.07, 6.45) is 0. The van der Waals surface area contributed by atoms with Gasteiger partial charge in [-0.25, -0.2) is 0 Å². The normalized spacial score (nSPS) is 12.7. The Labute approximate surface area is 96.7 Å². The Morgan fingerprint density at radius 1 is 1.25 bits per heavy atom. The Balaban J connectivity index is 4.49. The lowest BCUT2D eigenvalue weighted by molar-refractivity contribution is -0.151. The van der Waals surface area contributed by atoms with E-state index in [1.54, 1.807) is 18.7 Å². The molecule has 5 nitrogen and oxygen atoms in total. The zero-order chi connectivity index (χ0) is 12.7. The molecule has 0 aromatic carbocycles. The van der Waals surface area contributed by atoms with Gasteiger partial charge in [0.1, 0.15) is 6.04 Å². The summed E-state index contributed by atoms with van der Waals surface area (Å²) in [5.74, 6) is -0.676. The molecular weight excluding hydrogens is 210 g/mol. The smallest absolute Gasteiger partial charge is 0.322 e. The Morgan fingerprint density at radius 3 is 2.19 bits per heavy atom. The molecule has 16 heavy (non-hydrogen) atoms. The van der Waals surface area contributed by atoms with Gasteiger partial charge in [-0.1, -0.05) is 0 Å². The fraction of sp³-hybridized carbons (Fsp3) is 0.818. The van der Waals surface area contributed by atoms with Crippen LogP contribution in [0.4, 0.5) is 0 Å². The van der Waals surface area contributed by atoms with Crippen LogP contribution in [0.1, 0.15) is 27.7 Å². The lowest BCUT2D eigenvalue weighted by atomic mass is 10.2. The number of carbonyl (C=O) groups excluding carboxylic acids is 2. The largest absolute Gasteiger partial charge is 0.468 e. The number of carbonyl (C=O) groups is 2. The average molecular weight is 231 g/mol. The summed E-state index contributed by atoms with van der Waals surface area (Å²) in [7, 11) is 1.34. The quantitative estimate of drug-likeness (QED) is 0.633. The van der Waals surface area contributed by atoms with Crippen molar-refractivity contribution in [2.24, 2.45) is 0 Å². The molecule has 0 aromatic heterocycles. The van der Waals surface area contributed by atoms with Gasteiger partial charge in [0.2, 0.25) is 0 Å². The maximum absolute atomic E-state index is 11.4. The first-order valence-corrected chi connectivity index (χ1v) is 5.43. The van der Waals surface area contributed by atoms with Crippen LogP contribution in [0.25, 0.3) is 0 Å². The minimum absolute atomic E-state index is 0.0681. The van der Waals surface area contributed by atoms with Crippen molar-refractivity contribution < 1.29 is 19.1 Å². The standard InChI is InChI=1S/C11H21NO4/c1-6-16-10(13)7-12(8(2)3)9(4)11(14)15-5/h8-9H,6-7H2,1-5H3. The highest BCUT2D eigenvalue weighted by Crippen LogP contribution is 2.07. The molecule has 0 fully saturated rings. The predicted molar refractivity (Wildman–Crippen MR) is 60.0 cm³/mol. The SMILES string of the molecule is CCOC(=O)CN(C(C)C)C(C)C(=O)OC. The molecule has 0 heterocycles. The first-order valence-electron chi connectivity index (χ1n) is 5.43. The molecule has 0 N–H and O–H groups in total.